The highest BCUT2D eigenvalue weighted by Gasteiger charge is 2.17. The van der Waals surface area contributed by atoms with Gasteiger partial charge in [-0.25, -0.2) is 9.48 Å². The molecule has 0 aliphatic heterocycles. The van der Waals surface area contributed by atoms with Crippen molar-refractivity contribution < 1.29 is 19.7 Å². The number of aromatic hydroxyl groups is 1. The van der Waals surface area contributed by atoms with Crippen LogP contribution in [0.4, 0.5) is 0 Å². The summed E-state index contributed by atoms with van der Waals surface area (Å²) in [4.78, 5) is 10.8. The van der Waals surface area contributed by atoms with Gasteiger partial charge in [0.1, 0.15) is 11.4 Å². The van der Waals surface area contributed by atoms with E-state index in [-0.39, 0.29) is 5.75 Å². The van der Waals surface area contributed by atoms with Crippen molar-refractivity contribution in [2.45, 2.75) is 6.92 Å². The van der Waals surface area contributed by atoms with Crippen molar-refractivity contribution in [2.24, 2.45) is 0 Å². The van der Waals surface area contributed by atoms with Gasteiger partial charge in [-0.05, 0) is 24.6 Å². The van der Waals surface area contributed by atoms with Crippen molar-refractivity contribution in [3.63, 3.8) is 0 Å². The van der Waals surface area contributed by atoms with Crippen molar-refractivity contribution in [1.82, 2.24) is 9.78 Å². The van der Waals surface area contributed by atoms with Crippen LogP contribution in [0.15, 0.2) is 24.4 Å². The third kappa shape index (κ3) is 2.00. The summed E-state index contributed by atoms with van der Waals surface area (Å²) in [6.45, 7) is 1.89. The highest BCUT2D eigenvalue weighted by Crippen LogP contribution is 2.26. The van der Waals surface area contributed by atoms with Gasteiger partial charge in [0.2, 0.25) is 5.69 Å². The Morgan fingerprint density at radius 1 is 1.44 bits per heavy atom. The normalized spacial score (nSPS) is 10.3. The van der Waals surface area contributed by atoms with Gasteiger partial charge in [-0.1, -0.05) is 6.07 Å². The molecule has 6 heteroatoms. The van der Waals surface area contributed by atoms with Crippen LogP contribution in [0.25, 0.3) is 5.69 Å². The Kier molecular flexibility index (Phi) is 2.93. The predicted octanol–water partition coefficient (Wildman–Crippen LogP) is 1.59. The van der Waals surface area contributed by atoms with E-state index >= 15 is 0 Å². The predicted molar refractivity (Wildman–Crippen MR) is 63.5 cm³/mol. The van der Waals surface area contributed by atoms with E-state index in [0.29, 0.717) is 11.4 Å². The summed E-state index contributed by atoms with van der Waals surface area (Å²) < 4.78 is 6.46. The Balaban J connectivity index is 2.58. The van der Waals surface area contributed by atoms with Gasteiger partial charge < -0.3 is 14.9 Å². The fourth-order valence-electron chi connectivity index (χ4n) is 1.62. The summed E-state index contributed by atoms with van der Waals surface area (Å²) >= 11 is 0. The van der Waals surface area contributed by atoms with E-state index < -0.39 is 11.7 Å². The fourth-order valence-corrected chi connectivity index (χ4v) is 1.62. The van der Waals surface area contributed by atoms with Crippen LogP contribution >= 0.6 is 0 Å². The number of rotatable bonds is 3. The van der Waals surface area contributed by atoms with Gasteiger partial charge in [-0.15, -0.1) is 0 Å². The molecular formula is C12H12N2O4. The molecule has 0 unspecified atom stereocenters. The average molecular weight is 248 g/mol. The second-order valence-electron chi connectivity index (χ2n) is 3.79. The Morgan fingerprint density at radius 2 is 2.17 bits per heavy atom. The lowest BCUT2D eigenvalue weighted by Crippen LogP contribution is -2.03. The quantitative estimate of drug-likeness (QED) is 0.861. The molecule has 1 heterocycles. The third-order valence-electron chi connectivity index (χ3n) is 2.48. The molecule has 0 aliphatic rings. The highest BCUT2D eigenvalue weighted by molar-refractivity contribution is 5.88. The van der Waals surface area contributed by atoms with E-state index in [1.807, 2.05) is 13.0 Å². The van der Waals surface area contributed by atoms with E-state index in [2.05, 4.69) is 5.10 Å². The van der Waals surface area contributed by atoms with Gasteiger partial charge >= 0.3 is 5.97 Å². The molecule has 0 fully saturated rings. The maximum atomic E-state index is 10.8. The number of aromatic carboxylic acids is 1. The summed E-state index contributed by atoms with van der Waals surface area (Å²) in [5.74, 6) is -1.12. The van der Waals surface area contributed by atoms with Crippen molar-refractivity contribution in [2.75, 3.05) is 7.11 Å². The second-order valence-corrected chi connectivity index (χ2v) is 3.79. The number of aromatic nitrogens is 2. The minimum Gasteiger partial charge on any atom is -0.504 e. The van der Waals surface area contributed by atoms with E-state index in [0.717, 1.165) is 5.56 Å². The van der Waals surface area contributed by atoms with Crippen LogP contribution in [-0.2, 0) is 0 Å². The number of carboxylic acid groups (broad SMARTS) is 1. The number of benzene rings is 1. The minimum absolute atomic E-state index is 0.383. The van der Waals surface area contributed by atoms with E-state index in [4.69, 9.17) is 9.84 Å². The molecule has 0 aliphatic carbocycles. The molecule has 2 N–H and O–H groups in total. The first-order valence-corrected chi connectivity index (χ1v) is 5.20. The highest BCUT2D eigenvalue weighted by atomic mass is 16.5. The molecule has 2 aromatic rings. The second kappa shape index (κ2) is 4.40. The zero-order chi connectivity index (χ0) is 13.3. The first kappa shape index (κ1) is 12.0. The number of nitrogens with zero attached hydrogens (tertiary/aromatic N) is 2. The molecule has 0 saturated heterocycles. The molecule has 0 amide bonds. The molecule has 0 saturated carbocycles. The molecule has 0 spiro atoms. The lowest BCUT2D eigenvalue weighted by molar-refractivity contribution is 0.0687. The molecule has 1 aromatic carbocycles. The van der Waals surface area contributed by atoms with Crippen molar-refractivity contribution >= 4 is 5.97 Å². The van der Waals surface area contributed by atoms with Gasteiger partial charge in [-0.2, -0.15) is 5.10 Å². The molecule has 6 nitrogen and oxygen atoms in total. The smallest absolute Gasteiger partial charge is 0.360 e. The van der Waals surface area contributed by atoms with Crippen LogP contribution in [-0.4, -0.2) is 33.1 Å². The fraction of sp³-hybridized carbons (Fsp3) is 0.167. The van der Waals surface area contributed by atoms with Crippen LogP contribution in [0.3, 0.4) is 0 Å². The largest absolute Gasteiger partial charge is 0.504 e. The molecule has 18 heavy (non-hydrogen) atoms. The van der Waals surface area contributed by atoms with Crippen LogP contribution in [0.5, 0.6) is 11.5 Å². The van der Waals surface area contributed by atoms with Crippen molar-refractivity contribution in [3.05, 3.63) is 35.7 Å². The standard InChI is InChI=1S/C12H12N2O4/c1-7-3-4-10(18-2)8(5-7)14-6-9(15)11(13-14)12(16)17/h3-6,15H,1-2H3,(H,16,17). The Hall–Kier alpha value is -2.50. The number of methoxy groups -OCH3 is 1. The van der Waals surface area contributed by atoms with E-state index in [9.17, 15) is 9.90 Å². The number of hydrogen-bond acceptors (Lipinski definition) is 4. The third-order valence-corrected chi connectivity index (χ3v) is 2.48. The molecule has 0 radical (unpaired) electrons. The Labute approximate surface area is 103 Å². The summed E-state index contributed by atoms with van der Waals surface area (Å²) in [6, 6.07) is 5.41. The van der Waals surface area contributed by atoms with E-state index in [1.165, 1.54) is 18.0 Å². The molecule has 0 bridgehead atoms. The zero-order valence-corrected chi connectivity index (χ0v) is 9.91. The number of aryl methyl sites for hydroxylation is 1. The monoisotopic (exact) mass is 248 g/mol. The lowest BCUT2D eigenvalue weighted by atomic mass is 10.2. The number of hydrogen-bond donors (Lipinski definition) is 2. The zero-order valence-electron chi connectivity index (χ0n) is 9.91. The van der Waals surface area contributed by atoms with Gasteiger partial charge in [0, 0.05) is 0 Å². The first-order valence-electron chi connectivity index (χ1n) is 5.20. The van der Waals surface area contributed by atoms with Crippen LogP contribution in [0, 0.1) is 6.92 Å². The van der Waals surface area contributed by atoms with Gasteiger partial charge in [0.05, 0.1) is 13.3 Å². The molecule has 1 aromatic heterocycles. The van der Waals surface area contributed by atoms with Gasteiger partial charge in [0.25, 0.3) is 0 Å². The lowest BCUT2D eigenvalue weighted by Gasteiger charge is -2.08. The maximum absolute atomic E-state index is 10.8. The number of carboxylic acids is 1. The molecule has 2 rings (SSSR count). The number of ether oxygens (including phenoxy) is 1. The van der Waals surface area contributed by atoms with Gasteiger partial charge in [-0.3, -0.25) is 0 Å². The summed E-state index contributed by atoms with van der Waals surface area (Å²) in [7, 11) is 1.51. The summed E-state index contributed by atoms with van der Waals surface area (Å²) in [5, 5.41) is 22.1. The van der Waals surface area contributed by atoms with Crippen LogP contribution in [0.1, 0.15) is 16.1 Å². The van der Waals surface area contributed by atoms with E-state index in [1.54, 1.807) is 12.1 Å². The number of carbonyl (C=O) groups is 1. The first-order chi connectivity index (χ1) is 8.52. The van der Waals surface area contributed by atoms with Crippen LogP contribution in [0.2, 0.25) is 0 Å². The summed E-state index contributed by atoms with van der Waals surface area (Å²) in [5.41, 5.74) is 1.15. The van der Waals surface area contributed by atoms with Crippen molar-refractivity contribution in [3.8, 4) is 17.2 Å². The minimum atomic E-state index is -1.28. The SMILES string of the molecule is COc1ccc(C)cc1-n1cc(O)c(C(=O)O)n1. The van der Waals surface area contributed by atoms with Gasteiger partial charge in [0.15, 0.2) is 5.75 Å². The molecule has 94 valence electrons. The Bertz CT molecular complexity index is 604. The topological polar surface area (TPSA) is 84.6 Å². The maximum Gasteiger partial charge on any atom is 0.360 e. The molecule has 0 atom stereocenters. The average Bonchev–Trinajstić information content (AvgIpc) is 2.71. The van der Waals surface area contributed by atoms with Crippen molar-refractivity contribution in [1.29, 1.82) is 0 Å². The molecular weight excluding hydrogens is 236 g/mol. The Morgan fingerprint density at radius 3 is 2.72 bits per heavy atom. The summed E-state index contributed by atoms with van der Waals surface area (Å²) in [6.07, 6.45) is 1.24. The van der Waals surface area contributed by atoms with Crippen LogP contribution < -0.4 is 4.74 Å².